The van der Waals surface area contributed by atoms with Gasteiger partial charge in [0.25, 0.3) is 0 Å². The van der Waals surface area contributed by atoms with E-state index in [-0.39, 0.29) is 22.0 Å². The lowest BCUT2D eigenvalue weighted by Gasteiger charge is -2.22. The molecule has 1 amide bonds. The molecule has 0 saturated heterocycles. The summed E-state index contributed by atoms with van der Waals surface area (Å²) in [6.45, 7) is 2.51. The third-order valence-corrected chi connectivity index (χ3v) is 7.74. The fourth-order valence-corrected chi connectivity index (χ4v) is 5.87. The fraction of sp³-hybridized carbons (Fsp3) is 0.214. The molecule has 9 nitrogen and oxygen atoms in total. The molecule has 1 heterocycles. The zero-order chi connectivity index (χ0) is 27.4. The Kier molecular flexibility index (Phi) is 7.72. The standard InChI is InChI=1S/C28H25NO8S/c1-17(30)36-24-14-11-20(15-25(24)37-18(2)31)8-7-19-9-12-21(13-10-19)29-28(33)23-16-38(34,35)26-6-4-3-5-22(26)27(23)32/h3-6,9-15,23H,7-8,16H2,1-2H3,(H,29,33). The predicted molar refractivity (Wildman–Crippen MR) is 138 cm³/mol. The van der Waals surface area contributed by atoms with Crippen molar-refractivity contribution in [1.29, 1.82) is 0 Å². The SMILES string of the molecule is CC(=O)Oc1ccc(CCc2ccc(NC(=O)C3CS(=O)(=O)c4ccccc4C3=O)cc2)cc1OC(C)=O. The van der Waals surface area contributed by atoms with Gasteiger partial charge in [0.05, 0.1) is 10.6 Å². The van der Waals surface area contributed by atoms with Gasteiger partial charge in [-0.05, 0) is 54.3 Å². The highest BCUT2D eigenvalue weighted by Gasteiger charge is 2.40. The molecule has 0 saturated carbocycles. The third-order valence-electron chi connectivity index (χ3n) is 5.95. The van der Waals surface area contributed by atoms with Gasteiger partial charge in [0.2, 0.25) is 5.91 Å². The summed E-state index contributed by atoms with van der Waals surface area (Å²) in [4.78, 5) is 48.3. The Morgan fingerprint density at radius 3 is 2.13 bits per heavy atom. The Morgan fingerprint density at radius 1 is 0.842 bits per heavy atom. The average Bonchev–Trinajstić information content (AvgIpc) is 2.86. The molecule has 0 bridgehead atoms. The number of Topliss-reactive ketones (excluding diaryl/α,β-unsaturated/α-hetero) is 1. The molecule has 1 aliphatic rings. The number of ether oxygens (including phenoxy) is 2. The van der Waals surface area contributed by atoms with E-state index in [1.165, 1.54) is 26.0 Å². The normalized spacial score (nSPS) is 15.7. The van der Waals surface area contributed by atoms with Crippen LogP contribution >= 0.6 is 0 Å². The molecule has 4 rings (SSSR count). The van der Waals surface area contributed by atoms with Crippen LogP contribution in [-0.2, 0) is 37.1 Å². The molecule has 1 atom stereocenters. The first-order chi connectivity index (χ1) is 18.0. The van der Waals surface area contributed by atoms with E-state index in [1.54, 1.807) is 42.5 Å². The highest BCUT2D eigenvalue weighted by atomic mass is 32.2. The second-order valence-corrected chi connectivity index (χ2v) is 10.9. The van der Waals surface area contributed by atoms with Gasteiger partial charge in [-0.25, -0.2) is 8.42 Å². The summed E-state index contributed by atoms with van der Waals surface area (Å²) in [6.07, 6.45) is 1.21. The van der Waals surface area contributed by atoms with Gasteiger partial charge in [0.15, 0.2) is 27.1 Å². The van der Waals surface area contributed by atoms with Crippen LogP contribution in [0.3, 0.4) is 0 Å². The molecule has 0 radical (unpaired) electrons. The average molecular weight is 536 g/mol. The third kappa shape index (κ3) is 6.15. The van der Waals surface area contributed by atoms with Crippen molar-refractivity contribution >= 4 is 39.2 Å². The van der Waals surface area contributed by atoms with Crippen molar-refractivity contribution in [3.05, 3.63) is 83.4 Å². The van der Waals surface area contributed by atoms with E-state index in [2.05, 4.69) is 5.32 Å². The molecule has 0 aliphatic carbocycles. The minimum absolute atomic E-state index is 0.0343. The van der Waals surface area contributed by atoms with Crippen LogP contribution in [0.2, 0.25) is 0 Å². The van der Waals surface area contributed by atoms with Gasteiger partial charge >= 0.3 is 11.9 Å². The summed E-state index contributed by atoms with van der Waals surface area (Å²) in [6, 6.07) is 17.9. The smallest absolute Gasteiger partial charge is 0.308 e. The van der Waals surface area contributed by atoms with Crippen molar-refractivity contribution in [2.75, 3.05) is 11.1 Å². The number of aryl methyl sites for hydroxylation is 2. The number of amides is 1. The monoisotopic (exact) mass is 535 g/mol. The number of esters is 2. The van der Waals surface area contributed by atoms with E-state index >= 15 is 0 Å². The van der Waals surface area contributed by atoms with Crippen molar-refractivity contribution in [3.63, 3.8) is 0 Å². The summed E-state index contributed by atoms with van der Waals surface area (Å²) >= 11 is 0. The summed E-state index contributed by atoms with van der Waals surface area (Å²) in [5.41, 5.74) is 2.27. The number of carbonyl (C=O) groups excluding carboxylic acids is 4. The molecule has 3 aromatic rings. The summed E-state index contributed by atoms with van der Waals surface area (Å²) < 4.78 is 35.4. The quantitative estimate of drug-likeness (QED) is 0.276. The lowest BCUT2D eigenvalue weighted by Crippen LogP contribution is -2.39. The number of fused-ring (bicyclic) bond motifs is 1. The fourth-order valence-electron chi connectivity index (χ4n) is 4.16. The first-order valence-corrected chi connectivity index (χ1v) is 13.4. The molecule has 1 aliphatic heterocycles. The number of benzene rings is 3. The Labute approximate surface area is 219 Å². The highest BCUT2D eigenvalue weighted by Crippen LogP contribution is 2.30. The topological polar surface area (TPSA) is 133 Å². The lowest BCUT2D eigenvalue weighted by atomic mass is 9.97. The Hall–Kier alpha value is -4.31. The Morgan fingerprint density at radius 2 is 1.45 bits per heavy atom. The van der Waals surface area contributed by atoms with Gasteiger partial charge in [-0.3, -0.25) is 19.2 Å². The lowest BCUT2D eigenvalue weighted by molar-refractivity contribution is -0.134. The number of hydrogen-bond donors (Lipinski definition) is 1. The zero-order valence-electron chi connectivity index (χ0n) is 20.7. The number of nitrogens with one attached hydrogen (secondary N) is 1. The second kappa shape index (κ2) is 11.0. The maximum Gasteiger partial charge on any atom is 0.308 e. The van der Waals surface area contributed by atoms with Gasteiger partial charge in [-0.2, -0.15) is 0 Å². The van der Waals surface area contributed by atoms with Crippen LogP contribution in [0.4, 0.5) is 5.69 Å². The van der Waals surface area contributed by atoms with Crippen LogP contribution in [0.5, 0.6) is 11.5 Å². The molecule has 0 aromatic heterocycles. The molecule has 1 N–H and O–H groups in total. The molecule has 38 heavy (non-hydrogen) atoms. The maximum absolute atomic E-state index is 12.8. The maximum atomic E-state index is 12.8. The number of hydrogen-bond acceptors (Lipinski definition) is 8. The molecule has 1 unspecified atom stereocenters. The zero-order valence-corrected chi connectivity index (χ0v) is 21.5. The number of rotatable bonds is 7. The first-order valence-electron chi connectivity index (χ1n) is 11.8. The van der Waals surface area contributed by atoms with Gasteiger partial charge < -0.3 is 14.8 Å². The van der Waals surface area contributed by atoms with E-state index in [0.29, 0.717) is 18.5 Å². The van der Waals surface area contributed by atoms with E-state index in [0.717, 1.165) is 11.1 Å². The number of sulfone groups is 1. The van der Waals surface area contributed by atoms with Gasteiger partial charge in [0, 0.05) is 25.1 Å². The molecule has 3 aromatic carbocycles. The summed E-state index contributed by atoms with van der Waals surface area (Å²) in [7, 11) is -3.75. The molecular formula is C28H25NO8S. The largest absolute Gasteiger partial charge is 0.423 e. The van der Waals surface area contributed by atoms with E-state index in [4.69, 9.17) is 9.47 Å². The van der Waals surface area contributed by atoms with Crippen LogP contribution < -0.4 is 14.8 Å². The van der Waals surface area contributed by atoms with Crippen molar-refractivity contribution < 1.29 is 37.1 Å². The summed E-state index contributed by atoms with van der Waals surface area (Å²) in [5, 5.41) is 2.64. The van der Waals surface area contributed by atoms with Gasteiger partial charge in [-0.1, -0.05) is 36.4 Å². The minimum Gasteiger partial charge on any atom is -0.423 e. The molecule has 10 heteroatoms. The van der Waals surface area contributed by atoms with Crippen LogP contribution in [0, 0.1) is 5.92 Å². The molecule has 0 fully saturated rings. The van der Waals surface area contributed by atoms with E-state index in [1.807, 2.05) is 12.1 Å². The molecule has 196 valence electrons. The van der Waals surface area contributed by atoms with Crippen LogP contribution in [0.1, 0.15) is 35.3 Å². The minimum atomic E-state index is -3.75. The second-order valence-electron chi connectivity index (χ2n) is 8.85. The van der Waals surface area contributed by atoms with Gasteiger partial charge in [-0.15, -0.1) is 0 Å². The summed E-state index contributed by atoms with van der Waals surface area (Å²) in [5.74, 6) is -3.84. The van der Waals surface area contributed by atoms with Gasteiger partial charge in [0.1, 0.15) is 5.92 Å². The number of anilines is 1. The molecular weight excluding hydrogens is 510 g/mol. The number of carbonyl (C=O) groups is 4. The van der Waals surface area contributed by atoms with Crippen LogP contribution in [0.25, 0.3) is 0 Å². The first kappa shape index (κ1) is 26.7. The van der Waals surface area contributed by atoms with Crippen molar-refractivity contribution in [2.45, 2.75) is 31.6 Å². The predicted octanol–water partition coefficient (Wildman–Crippen LogP) is 3.55. The van der Waals surface area contributed by atoms with Crippen molar-refractivity contribution in [2.24, 2.45) is 5.92 Å². The van der Waals surface area contributed by atoms with Crippen molar-refractivity contribution in [3.8, 4) is 11.5 Å². The van der Waals surface area contributed by atoms with E-state index < -0.39 is 45.1 Å². The number of ketones is 1. The highest BCUT2D eigenvalue weighted by molar-refractivity contribution is 7.91. The Bertz CT molecular complexity index is 1530. The van der Waals surface area contributed by atoms with Crippen LogP contribution in [0.15, 0.2) is 71.6 Å². The Balaban J connectivity index is 1.40. The van der Waals surface area contributed by atoms with E-state index in [9.17, 15) is 27.6 Å². The van der Waals surface area contributed by atoms with Crippen LogP contribution in [-0.4, -0.2) is 37.8 Å². The molecule has 0 spiro atoms. The van der Waals surface area contributed by atoms with Crippen molar-refractivity contribution in [1.82, 2.24) is 0 Å².